The zero-order valence-corrected chi connectivity index (χ0v) is 17.4. The van der Waals surface area contributed by atoms with E-state index in [1.165, 1.54) is 0 Å². The predicted molar refractivity (Wildman–Crippen MR) is 112 cm³/mol. The third kappa shape index (κ3) is 3.94. The fourth-order valence-electron chi connectivity index (χ4n) is 3.41. The molecule has 0 aliphatic carbocycles. The summed E-state index contributed by atoms with van der Waals surface area (Å²) >= 11 is 0. The van der Waals surface area contributed by atoms with Gasteiger partial charge >= 0.3 is 6.03 Å². The number of anilines is 1. The molecule has 1 saturated heterocycles. The molecular formula is C22H25N3O5. The van der Waals surface area contributed by atoms with Gasteiger partial charge in [-0.2, -0.15) is 0 Å². The number of rotatable bonds is 7. The van der Waals surface area contributed by atoms with E-state index in [2.05, 4.69) is 10.6 Å². The third-order valence-electron chi connectivity index (χ3n) is 5.01. The molecule has 8 heteroatoms. The van der Waals surface area contributed by atoms with Gasteiger partial charge in [0.05, 0.1) is 19.4 Å². The number of methoxy groups -OCH3 is 1. The van der Waals surface area contributed by atoms with Crippen molar-refractivity contribution < 1.29 is 23.9 Å². The highest BCUT2D eigenvalue weighted by Crippen LogP contribution is 2.32. The lowest BCUT2D eigenvalue weighted by Gasteiger charge is -2.23. The van der Waals surface area contributed by atoms with Crippen LogP contribution in [0.3, 0.4) is 0 Å². The first kappa shape index (κ1) is 21.2. The van der Waals surface area contributed by atoms with Crippen LogP contribution in [0.5, 0.6) is 11.5 Å². The van der Waals surface area contributed by atoms with E-state index >= 15 is 0 Å². The molecule has 8 nitrogen and oxygen atoms in total. The Kier molecular flexibility index (Phi) is 5.96. The van der Waals surface area contributed by atoms with E-state index in [1.54, 1.807) is 56.5 Å². The van der Waals surface area contributed by atoms with E-state index in [1.807, 2.05) is 13.8 Å². The second-order valence-electron chi connectivity index (χ2n) is 7.11. The van der Waals surface area contributed by atoms with Crippen LogP contribution in [-0.2, 0) is 15.1 Å². The maximum absolute atomic E-state index is 13.1. The molecule has 1 heterocycles. The Labute approximate surface area is 175 Å². The number of nitrogens with zero attached hydrogens (tertiary/aromatic N) is 1. The Hall–Kier alpha value is -3.55. The quantitative estimate of drug-likeness (QED) is 0.683. The number of hydrogen-bond donors (Lipinski definition) is 2. The zero-order valence-electron chi connectivity index (χ0n) is 17.4. The first-order valence-corrected chi connectivity index (χ1v) is 9.61. The van der Waals surface area contributed by atoms with E-state index in [0.29, 0.717) is 29.4 Å². The van der Waals surface area contributed by atoms with Crippen molar-refractivity contribution in [2.24, 2.45) is 0 Å². The maximum Gasteiger partial charge on any atom is 0.325 e. The Morgan fingerprint density at radius 3 is 2.57 bits per heavy atom. The molecule has 2 aromatic rings. The smallest absolute Gasteiger partial charge is 0.325 e. The van der Waals surface area contributed by atoms with Crippen molar-refractivity contribution in [1.82, 2.24) is 10.2 Å². The fourth-order valence-corrected chi connectivity index (χ4v) is 3.41. The molecule has 1 aliphatic heterocycles. The molecule has 4 amide bonds. The number of nitrogens with one attached hydrogen (secondary N) is 2. The highest BCUT2D eigenvalue weighted by atomic mass is 16.5. The number of ether oxygens (including phenoxy) is 2. The van der Waals surface area contributed by atoms with Crippen molar-refractivity contribution >= 4 is 23.5 Å². The van der Waals surface area contributed by atoms with Gasteiger partial charge in [-0.25, -0.2) is 4.79 Å². The minimum absolute atomic E-state index is 0.407. The van der Waals surface area contributed by atoms with Crippen LogP contribution in [0.15, 0.2) is 42.5 Å². The van der Waals surface area contributed by atoms with Crippen LogP contribution in [0.1, 0.15) is 25.0 Å². The molecule has 0 radical (unpaired) electrons. The average molecular weight is 411 g/mol. The van der Waals surface area contributed by atoms with Gasteiger partial charge in [0, 0.05) is 0 Å². The van der Waals surface area contributed by atoms with Crippen molar-refractivity contribution in [1.29, 1.82) is 0 Å². The summed E-state index contributed by atoms with van der Waals surface area (Å²) in [6.45, 7) is 5.35. The number of carbonyl (C=O) groups excluding carboxylic acids is 3. The summed E-state index contributed by atoms with van der Waals surface area (Å²) in [5.74, 6) is 0.207. The third-order valence-corrected chi connectivity index (χ3v) is 5.01. The van der Waals surface area contributed by atoms with Crippen LogP contribution in [0.2, 0.25) is 0 Å². The lowest BCUT2D eigenvalue weighted by molar-refractivity contribution is -0.133. The van der Waals surface area contributed by atoms with Gasteiger partial charge in [-0.15, -0.1) is 0 Å². The minimum Gasteiger partial charge on any atom is -0.496 e. The van der Waals surface area contributed by atoms with Crippen LogP contribution in [0.4, 0.5) is 10.5 Å². The lowest BCUT2D eigenvalue weighted by Crippen LogP contribution is -2.42. The summed E-state index contributed by atoms with van der Waals surface area (Å²) in [6.07, 6.45) is 0. The summed E-state index contributed by atoms with van der Waals surface area (Å²) in [7, 11) is 1.57. The average Bonchev–Trinajstić information content (AvgIpc) is 2.93. The maximum atomic E-state index is 13.1. The number of aryl methyl sites for hydroxylation is 1. The van der Waals surface area contributed by atoms with Gasteiger partial charge in [-0.3, -0.25) is 14.5 Å². The molecule has 1 fully saturated rings. The summed E-state index contributed by atoms with van der Waals surface area (Å²) in [5.41, 5.74) is 0.660. The Morgan fingerprint density at radius 1 is 1.17 bits per heavy atom. The summed E-state index contributed by atoms with van der Waals surface area (Å²) in [5, 5.41) is 5.40. The van der Waals surface area contributed by atoms with E-state index in [4.69, 9.17) is 9.47 Å². The number of carbonyl (C=O) groups is 3. The van der Waals surface area contributed by atoms with Crippen molar-refractivity contribution in [2.45, 2.75) is 26.3 Å². The van der Waals surface area contributed by atoms with Crippen molar-refractivity contribution in [3.8, 4) is 11.5 Å². The molecule has 1 unspecified atom stereocenters. The Morgan fingerprint density at radius 2 is 1.90 bits per heavy atom. The molecule has 2 N–H and O–H groups in total. The van der Waals surface area contributed by atoms with Crippen LogP contribution in [0, 0.1) is 6.92 Å². The molecule has 0 bridgehead atoms. The molecule has 3 rings (SSSR count). The normalized spacial score (nSPS) is 18.2. The van der Waals surface area contributed by atoms with Crippen LogP contribution in [-0.4, -0.2) is 43.0 Å². The number of urea groups is 1. The van der Waals surface area contributed by atoms with Gasteiger partial charge in [-0.05, 0) is 56.2 Å². The van der Waals surface area contributed by atoms with Gasteiger partial charge < -0.3 is 20.1 Å². The fraction of sp³-hybridized carbons (Fsp3) is 0.318. The predicted octanol–water partition coefficient (Wildman–Crippen LogP) is 2.81. The monoisotopic (exact) mass is 411 g/mol. The second-order valence-corrected chi connectivity index (χ2v) is 7.11. The van der Waals surface area contributed by atoms with Crippen molar-refractivity contribution in [3.63, 3.8) is 0 Å². The highest BCUT2D eigenvalue weighted by molar-refractivity contribution is 6.10. The van der Waals surface area contributed by atoms with E-state index in [-0.39, 0.29) is 0 Å². The Bertz CT molecular complexity index is 990. The lowest BCUT2D eigenvalue weighted by atomic mass is 9.90. The van der Waals surface area contributed by atoms with Gasteiger partial charge in [0.25, 0.3) is 5.91 Å². The molecule has 2 aromatic carbocycles. The van der Waals surface area contributed by atoms with Crippen LogP contribution in [0.25, 0.3) is 0 Å². The Balaban J connectivity index is 1.76. The highest BCUT2D eigenvalue weighted by Gasteiger charge is 2.49. The molecule has 158 valence electrons. The summed E-state index contributed by atoms with van der Waals surface area (Å²) in [4.78, 5) is 39.0. The van der Waals surface area contributed by atoms with Crippen molar-refractivity contribution in [2.75, 3.05) is 25.6 Å². The van der Waals surface area contributed by atoms with E-state index in [9.17, 15) is 14.4 Å². The molecular weight excluding hydrogens is 386 g/mol. The van der Waals surface area contributed by atoms with E-state index < -0.39 is 29.9 Å². The van der Waals surface area contributed by atoms with Crippen LogP contribution >= 0.6 is 0 Å². The SMILES string of the molecule is CCOc1ccccc1NC(=O)CN1C(=O)NC(C)(c2ccc(OC)c(C)c2)C1=O. The van der Waals surface area contributed by atoms with Gasteiger partial charge in [0.15, 0.2) is 0 Å². The van der Waals surface area contributed by atoms with Crippen LogP contribution < -0.4 is 20.1 Å². The number of imide groups is 1. The van der Waals surface area contributed by atoms with E-state index in [0.717, 1.165) is 10.5 Å². The van der Waals surface area contributed by atoms with Crippen molar-refractivity contribution in [3.05, 3.63) is 53.6 Å². The van der Waals surface area contributed by atoms with Gasteiger partial charge in [0.2, 0.25) is 5.91 Å². The molecule has 0 spiro atoms. The van der Waals surface area contributed by atoms with Gasteiger partial charge in [0.1, 0.15) is 23.6 Å². The molecule has 0 aromatic heterocycles. The summed E-state index contributed by atoms with van der Waals surface area (Å²) < 4.78 is 10.7. The molecule has 0 saturated carbocycles. The topological polar surface area (TPSA) is 97.0 Å². The second kappa shape index (κ2) is 8.44. The first-order chi connectivity index (χ1) is 14.3. The number of amides is 4. The standard InChI is InChI=1S/C22H25N3O5/c1-5-30-18-9-7-6-8-16(18)23-19(26)13-25-20(27)22(3,24-21(25)28)15-10-11-17(29-4)14(2)12-15/h6-12H,5,13H2,1-4H3,(H,23,26)(H,24,28). The molecule has 30 heavy (non-hydrogen) atoms. The number of hydrogen-bond acceptors (Lipinski definition) is 5. The molecule has 1 atom stereocenters. The first-order valence-electron chi connectivity index (χ1n) is 9.61. The summed E-state index contributed by atoms with van der Waals surface area (Å²) in [6, 6.07) is 11.6. The largest absolute Gasteiger partial charge is 0.496 e. The number of benzene rings is 2. The zero-order chi connectivity index (χ0) is 21.9. The van der Waals surface area contributed by atoms with Gasteiger partial charge in [-0.1, -0.05) is 18.2 Å². The molecule has 1 aliphatic rings. The number of para-hydroxylation sites is 2. The minimum atomic E-state index is -1.27.